The third-order valence-electron chi connectivity index (χ3n) is 1.13. The Labute approximate surface area is 67.2 Å². The van der Waals surface area contributed by atoms with Crippen molar-refractivity contribution >= 4 is 11.7 Å². The van der Waals surface area contributed by atoms with Gasteiger partial charge in [0.25, 0.3) is 0 Å². The van der Waals surface area contributed by atoms with E-state index in [9.17, 15) is 9.59 Å². The summed E-state index contributed by atoms with van der Waals surface area (Å²) in [7, 11) is 0. The summed E-state index contributed by atoms with van der Waals surface area (Å²) in [5.74, 6) is 0.291. The van der Waals surface area contributed by atoms with Gasteiger partial charge in [-0.25, -0.2) is 0 Å². The van der Waals surface area contributed by atoms with Gasteiger partial charge in [0.1, 0.15) is 5.78 Å². The van der Waals surface area contributed by atoms with Crippen LogP contribution < -0.4 is 5.32 Å². The number of ketones is 1. The van der Waals surface area contributed by atoms with E-state index in [1.54, 1.807) is 0 Å². The van der Waals surface area contributed by atoms with Crippen molar-refractivity contribution < 1.29 is 9.59 Å². The van der Waals surface area contributed by atoms with Crippen LogP contribution in [0, 0.1) is 5.92 Å². The molecule has 0 aromatic carbocycles. The highest BCUT2D eigenvalue weighted by atomic mass is 16.2. The quantitative estimate of drug-likeness (QED) is 0.654. The molecule has 0 radical (unpaired) electrons. The first-order valence-electron chi connectivity index (χ1n) is 3.78. The molecule has 0 aliphatic carbocycles. The molecule has 3 heteroatoms. The highest BCUT2D eigenvalue weighted by Gasteiger charge is 2.03. The van der Waals surface area contributed by atoms with E-state index in [0.29, 0.717) is 12.3 Å². The third kappa shape index (κ3) is 7.03. The maximum absolute atomic E-state index is 10.9. The second-order valence-corrected chi connectivity index (χ2v) is 3.08. The molecule has 0 aliphatic rings. The summed E-state index contributed by atoms with van der Waals surface area (Å²) in [5, 5.41) is 2.52. The van der Waals surface area contributed by atoms with E-state index in [-0.39, 0.29) is 18.2 Å². The van der Waals surface area contributed by atoms with Crippen molar-refractivity contribution in [1.29, 1.82) is 0 Å². The lowest BCUT2D eigenvalue weighted by atomic mass is 10.1. The number of carbonyl (C=O) groups is 2. The molecule has 0 unspecified atom stereocenters. The van der Waals surface area contributed by atoms with Crippen LogP contribution in [0.2, 0.25) is 0 Å². The Balaban J connectivity index is 3.45. The van der Waals surface area contributed by atoms with E-state index in [1.807, 2.05) is 13.8 Å². The molecule has 1 N–H and O–H groups in total. The lowest BCUT2D eigenvalue weighted by Crippen LogP contribution is -2.28. The SMILES string of the molecule is CC(=O)CNC(=O)CC(C)C. The lowest BCUT2D eigenvalue weighted by Gasteiger charge is -2.04. The Hall–Kier alpha value is -0.860. The first-order valence-corrected chi connectivity index (χ1v) is 3.78. The van der Waals surface area contributed by atoms with Crippen LogP contribution in [-0.2, 0) is 9.59 Å². The number of Topliss-reactive ketones (excluding diaryl/α,β-unsaturated/α-hetero) is 1. The van der Waals surface area contributed by atoms with Gasteiger partial charge < -0.3 is 5.32 Å². The van der Waals surface area contributed by atoms with Crippen LogP contribution in [0.25, 0.3) is 0 Å². The molecule has 1 amide bonds. The van der Waals surface area contributed by atoms with Gasteiger partial charge in [-0.1, -0.05) is 13.8 Å². The molecular formula is C8H15NO2. The van der Waals surface area contributed by atoms with E-state index in [4.69, 9.17) is 0 Å². The summed E-state index contributed by atoms with van der Waals surface area (Å²) in [6.07, 6.45) is 0.493. The van der Waals surface area contributed by atoms with Gasteiger partial charge in [-0.15, -0.1) is 0 Å². The van der Waals surface area contributed by atoms with E-state index in [1.165, 1.54) is 6.92 Å². The largest absolute Gasteiger partial charge is 0.349 e. The summed E-state index contributed by atoms with van der Waals surface area (Å²) in [6.45, 7) is 5.54. The normalized spacial score (nSPS) is 9.82. The number of carbonyl (C=O) groups excluding carboxylic acids is 2. The molecule has 0 spiro atoms. The van der Waals surface area contributed by atoms with Crippen LogP contribution in [0.3, 0.4) is 0 Å². The molecule has 0 fully saturated rings. The van der Waals surface area contributed by atoms with Gasteiger partial charge in [0, 0.05) is 6.42 Å². The first-order chi connectivity index (χ1) is 5.02. The van der Waals surface area contributed by atoms with Crippen LogP contribution in [0.15, 0.2) is 0 Å². The Morgan fingerprint density at radius 2 is 1.91 bits per heavy atom. The maximum atomic E-state index is 10.9. The van der Waals surface area contributed by atoms with E-state index >= 15 is 0 Å². The maximum Gasteiger partial charge on any atom is 0.220 e. The zero-order chi connectivity index (χ0) is 8.85. The summed E-state index contributed by atoms with van der Waals surface area (Å²) in [6, 6.07) is 0. The molecule has 0 aromatic rings. The van der Waals surface area contributed by atoms with Gasteiger partial charge >= 0.3 is 0 Å². The fraction of sp³-hybridized carbons (Fsp3) is 0.750. The molecule has 0 saturated carbocycles. The molecule has 3 nitrogen and oxygen atoms in total. The number of hydrogen-bond donors (Lipinski definition) is 1. The average molecular weight is 157 g/mol. The van der Waals surface area contributed by atoms with Crippen molar-refractivity contribution in [2.24, 2.45) is 5.92 Å². The highest BCUT2D eigenvalue weighted by molar-refractivity contribution is 5.84. The molecule has 0 aromatic heterocycles. The van der Waals surface area contributed by atoms with Crippen molar-refractivity contribution in [3.63, 3.8) is 0 Å². The van der Waals surface area contributed by atoms with Gasteiger partial charge in [-0.05, 0) is 12.8 Å². The minimum atomic E-state index is -0.0461. The Bertz CT molecular complexity index is 152. The summed E-state index contributed by atoms with van der Waals surface area (Å²) in [5.41, 5.74) is 0. The van der Waals surface area contributed by atoms with Gasteiger partial charge in [-0.2, -0.15) is 0 Å². The van der Waals surface area contributed by atoms with Crippen molar-refractivity contribution in [3.05, 3.63) is 0 Å². The number of nitrogens with one attached hydrogen (secondary N) is 1. The molecule has 0 bridgehead atoms. The predicted octanol–water partition coefficient (Wildman–Crippen LogP) is 0.738. The first kappa shape index (κ1) is 10.1. The predicted molar refractivity (Wildman–Crippen MR) is 43.1 cm³/mol. The van der Waals surface area contributed by atoms with Crippen LogP contribution in [0.1, 0.15) is 27.2 Å². The van der Waals surface area contributed by atoms with Gasteiger partial charge in [-0.3, -0.25) is 9.59 Å². The third-order valence-corrected chi connectivity index (χ3v) is 1.13. The van der Waals surface area contributed by atoms with Crippen molar-refractivity contribution in [2.45, 2.75) is 27.2 Å². The fourth-order valence-corrected chi connectivity index (χ4v) is 0.666. The van der Waals surface area contributed by atoms with Gasteiger partial charge in [0.05, 0.1) is 6.54 Å². The van der Waals surface area contributed by atoms with Crippen LogP contribution >= 0.6 is 0 Å². The molecule has 0 saturated heterocycles. The molecule has 64 valence electrons. The number of amides is 1. The Morgan fingerprint density at radius 3 is 2.27 bits per heavy atom. The van der Waals surface area contributed by atoms with E-state index < -0.39 is 0 Å². The molecule has 0 rings (SSSR count). The fourth-order valence-electron chi connectivity index (χ4n) is 0.666. The summed E-state index contributed by atoms with van der Waals surface area (Å²) in [4.78, 5) is 21.3. The minimum Gasteiger partial charge on any atom is -0.349 e. The monoisotopic (exact) mass is 157 g/mol. The lowest BCUT2D eigenvalue weighted by molar-refractivity contribution is -0.124. The zero-order valence-corrected chi connectivity index (χ0v) is 7.31. The molecular weight excluding hydrogens is 142 g/mol. The second-order valence-electron chi connectivity index (χ2n) is 3.08. The van der Waals surface area contributed by atoms with Gasteiger partial charge in [0.15, 0.2) is 0 Å². The van der Waals surface area contributed by atoms with Crippen molar-refractivity contribution in [1.82, 2.24) is 5.32 Å². The molecule has 0 aliphatic heterocycles. The Morgan fingerprint density at radius 1 is 1.36 bits per heavy atom. The van der Waals surface area contributed by atoms with E-state index in [2.05, 4.69) is 5.32 Å². The molecule has 11 heavy (non-hydrogen) atoms. The Kier molecular flexibility index (Phi) is 4.50. The van der Waals surface area contributed by atoms with Gasteiger partial charge in [0.2, 0.25) is 5.91 Å². The molecule has 0 heterocycles. The topological polar surface area (TPSA) is 46.2 Å². The molecule has 0 atom stereocenters. The summed E-state index contributed by atoms with van der Waals surface area (Å²) >= 11 is 0. The van der Waals surface area contributed by atoms with Crippen molar-refractivity contribution in [3.8, 4) is 0 Å². The van der Waals surface area contributed by atoms with Crippen LogP contribution in [0.4, 0.5) is 0 Å². The standard InChI is InChI=1S/C8H15NO2/c1-6(2)4-8(11)9-5-7(3)10/h6H,4-5H2,1-3H3,(H,9,11). The second kappa shape index (κ2) is 4.88. The average Bonchev–Trinajstić information content (AvgIpc) is 1.82. The van der Waals surface area contributed by atoms with Crippen LogP contribution in [-0.4, -0.2) is 18.2 Å². The summed E-state index contributed by atoms with van der Waals surface area (Å²) < 4.78 is 0. The van der Waals surface area contributed by atoms with Crippen molar-refractivity contribution in [2.75, 3.05) is 6.54 Å². The van der Waals surface area contributed by atoms with E-state index in [0.717, 1.165) is 0 Å². The van der Waals surface area contributed by atoms with Crippen LogP contribution in [0.5, 0.6) is 0 Å². The number of rotatable bonds is 4. The highest BCUT2D eigenvalue weighted by Crippen LogP contribution is 1.97. The number of hydrogen-bond acceptors (Lipinski definition) is 2. The minimum absolute atomic E-state index is 0.0119. The zero-order valence-electron chi connectivity index (χ0n) is 7.31. The smallest absolute Gasteiger partial charge is 0.220 e.